The van der Waals surface area contributed by atoms with E-state index in [2.05, 4.69) is 0 Å². The van der Waals surface area contributed by atoms with Gasteiger partial charge < -0.3 is 0 Å². The highest BCUT2D eigenvalue weighted by molar-refractivity contribution is 7.80. The van der Waals surface area contributed by atoms with Gasteiger partial charge in [-0.05, 0) is 25.0 Å². The second-order valence-electron chi connectivity index (χ2n) is 2.22. The van der Waals surface area contributed by atoms with E-state index in [4.69, 9.17) is 12.6 Å². The highest BCUT2D eigenvalue weighted by atomic mass is 32.1. The molecule has 0 unspecified atom stereocenters. The van der Waals surface area contributed by atoms with E-state index in [-0.39, 0.29) is 0 Å². The van der Waals surface area contributed by atoms with E-state index in [0.717, 1.165) is 4.90 Å². The Morgan fingerprint density at radius 1 is 1.11 bits per heavy atom. The Balaban J connectivity index is 3.25. The van der Waals surface area contributed by atoms with Crippen molar-refractivity contribution in [2.45, 2.75) is 18.7 Å². The summed E-state index contributed by atoms with van der Waals surface area (Å²) in [6.45, 7) is 4.07. The molecule has 1 heteroatoms. The lowest BCUT2D eigenvalue weighted by atomic mass is 10.2. The molecular weight excluding hydrogens is 128 g/mol. The van der Waals surface area contributed by atoms with Crippen LogP contribution in [0.25, 0.3) is 0 Å². The Bertz CT molecular complexity index is 196. The first-order valence-electron chi connectivity index (χ1n) is 2.95. The molecule has 0 bridgehead atoms. The van der Waals surface area contributed by atoms with Gasteiger partial charge >= 0.3 is 0 Å². The Labute approximate surface area is 61.3 Å². The summed E-state index contributed by atoms with van der Waals surface area (Å²) in [5.74, 6) is 0. The second-order valence-corrected chi connectivity index (χ2v) is 2.63. The number of aryl methyl sites for hydroxylation is 2. The van der Waals surface area contributed by atoms with Crippen LogP contribution in [0.15, 0.2) is 23.1 Å². The zero-order valence-corrected chi connectivity index (χ0v) is 6.46. The van der Waals surface area contributed by atoms with Crippen LogP contribution in [0, 0.1) is 13.8 Å². The van der Waals surface area contributed by atoms with E-state index < -0.39 is 0 Å². The van der Waals surface area contributed by atoms with Crippen LogP contribution >= 0.6 is 12.6 Å². The van der Waals surface area contributed by atoms with Gasteiger partial charge in [0.1, 0.15) is 0 Å². The lowest BCUT2D eigenvalue weighted by molar-refractivity contribution is 1.23. The van der Waals surface area contributed by atoms with Crippen LogP contribution in [0.5, 0.6) is 0 Å². The molecule has 1 aromatic carbocycles. The molecule has 0 heterocycles. The fraction of sp³-hybridized carbons (Fsp3) is 0.250. The molecular formula is C8H9S. The van der Waals surface area contributed by atoms with E-state index >= 15 is 0 Å². The van der Waals surface area contributed by atoms with Gasteiger partial charge in [-0.25, -0.2) is 0 Å². The predicted molar refractivity (Wildman–Crippen MR) is 41.8 cm³/mol. The molecule has 1 radical (unpaired) electrons. The monoisotopic (exact) mass is 137 g/mol. The highest BCUT2D eigenvalue weighted by Gasteiger charge is 1.94. The maximum Gasteiger partial charge on any atom is 0.0435 e. The average molecular weight is 137 g/mol. The van der Waals surface area contributed by atoms with Gasteiger partial charge in [0.2, 0.25) is 0 Å². The fourth-order valence-electron chi connectivity index (χ4n) is 0.799. The van der Waals surface area contributed by atoms with Crippen LogP contribution < -0.4 is 0 Å². The third-order valence-electron chi connectivity index (χ3n) is 1.41. The summed E-state index contributed by atoms with van der Waals surface area (Å²) < 4.78 is 0. The summed E-state index contributed by atoms with van der Waals surface area (Å²) in [6.07, 6.45) is 0. The van der Waals surface area contributed by atoms with Crippen molar-refractivity contribution >= 4 is 12.6 Å². The average Bonchev–Trinajstić information content (AvgIpc) is 1.83. The number of hydrogen-bond donors (Lipinski definition) is 0. The molecule has 0 fully saturated rings. The topological polar surface area (TPSA) is 0 Å². The Morgan fingerprint density at radius 2 is 1.56 bits per heavy atom. The lowest BCUT2D eigenvalue weighted by Crippen LogP contribution is -1.78. The van der Waals surface area contributed by atoms with Crippen molar-refractivity contribution in [2.24, 2.45) is 0 Å². The minimum Gasteiger partial charge on any atom is -0.0795 e. The molecule has 0 aliphatic rings. The van der Waals surface area contributed by atoms with Gasteiger partial charge in [-0.3, -0.25) is 0 Å². The molecule has 1 aromatic rings. The molecule has 0 saturated heterocycles. The maximum absolute atomic E-state index is 5.09. The van der Waals surface area contributed by atoms with Crippen molar-refractivity contribution in [3.63, 3.8) is 0 Å². The van der Waals surface area contributed by atoms with Crippen molar-refractivity contribution in [2.75, 3.05) is 0 Å². The van der Waals surface area contributed by atoms with E-state index in [1.54, 1.807) is 0 Å². The van der Waals surface area contributed by atoms with Gasteiger partial charge in [0.25, 0.3) is 0 Å². The van der Waals surface area contributed by atoms with E-state index in [1.807, 2.05) is 32.0 Å². The smallest absolute Gasteiger partial charge is 0.0435 e. The Hall–Kier alpha value is -0.560. The first-order valence-corrected chi connectivity index (χ1v) is 3.36. The zero-order chi connectivity index (χ0) is 6.85. The van der Waals surface area contributed by atoms with Crippen molar-refractivity contribution < 1.29 is 0 Å². The van der Waals surface area contributed by atoms with Crippen LogP contribution in [0.4, 0.5) is 0 Å². The van der Waals surface area contributed by atoms with Gasteiger partial charge in [-0.1, -0.05) is 30.8 Å². The molecule has 0 aliphatic heterocycles. The maximum atomic E-state index is 5.09. The van der Waals surface area contributed by atoms with E-state index in [0.29, 0.717) is 0 Å². The van der Waals surface area contributed by atoms with Gasteiger partial charge in [0.05, 0.1) is 0 Å². The van der Waals surface area contributed by atoms with Gasteiger partial charge in [-0.2, -0.15) is 0 Å². The lowest BCUT2D eigenvalue weighted by Gasteiger charge is -1.98. The molecule has 0 spiro atoms. The summed E-state index contributed by atoms with van der Waals surface area (Å²) in [4.78, 5) is 0.998. The first-order chi connectivity index (χ1) is 4.22. The molecule has 0 N–H and O–H groups in total. The van der Waals surface area contributed by atoms with Crippen LogP contribution in [-0.2, 0) is 0 Å². The minimum absolute atomic E-state index is 0.998. The molecule has 0 aromatic heterocycles. The van der Waals surface area contributed by atoms with Gasteiger partial charge in [0.15, 0.2) is 0 Å². The first kappa shape index (κ1) is 6.56. The number of benzene rings is 1. The quantitative estimate of drug-likeness (QED) is 0.516. The molecule has 0 saturated carbocycles. The van der Waals surface area contributed by atoms with Crippen LogP contribution in [0.2, 0.25) is 0 Å². The number of hydrogen-bond acceptors (Lipinski definition) is 0. The van der Waals surface area contributed by atoms with Crippen LogP contribution in [0.3, 0.4) is 0 Å². The summed E-state index contributed by atoms with van der Waals surface area (Å²) in [5, 5.41) is 0. The molecule has 0 nitrogen and oxygen atoms in total. The van der Waals surface area contributed by atoms with Crippen molar-refractivity contribution in [3.05, 3.63) is 29.3 Å². The molecule has 0 aliphatic carbocycles. The molecule has 0 amide bonds. The minimum atomic E-state index is 0.998. The van der Waals surface area contributed by atoms with Gasteiger partial charge in [-0.15, -0.1) is 0 Å². The Morgan fingerprint density at radius 3 is 1.89 bits per heavy atom. The Kier molecular flexibility index (Phi) is 1.72. The largest absolute Gasteiger partial charge is 0.0795 e. The molecule has 1 rings (SSSR count). The third kappa shape index (κ3) is 1.22. The normalized spacial score (nSPS) is 9.56. The van der Waals surface area contributed by atoms with Crippen LogP contribution in [0.1, 0.15) is 11.1 Å². The predicted octanol–water partition coefficient (Wildman–Crippen LogP) is 2.86. The SMILES string of the molecule is Cc1cccc(C)c1[S]. The summed E-state index contributed by atoms with van der Waals surface area (Å²) in [6, 6.07) is 6.10. The fourth-order valence-corrected chi connectivity index (χ4v) is 0.935. The zero-order valence-electron chi connectivity index (χ0n) is 5.64. The highest BCUT2D eigenvalue weighted by Crippen LogP contribution is 2.16. The number of rotatable bonds is 0. The molecule has 47 valence electrons. The van der Waals surface area contributed by atoms with E-state index in [9.17, 15) is 0 Å². The van der Waals surface area contributed by atoms with Crippen molar-refractivity contribution in [3.8, 4) is 0 Å². The van der Waals surface area contributed by atoms with Crippen molar-refractivity contribution in [1.82, 2.24) is 0 Å². The molecule has 9 heavy (non-hydrogen) atoms. The summed E-state index contributed by atoms with van der Waals surface area (Å²) in [5.41, 5.74) is 2.40. The van der Waals surface area contributed by atoms with Crippen LogP contribution in [-0.4, -0.2) is 0 Å². The summed E-state index contributed by atoms with van der Waals surface area (Å²) >= 11 is 5.09. The second kappa shape index (κ2) is 2.36. The van der Waals surface area contributed by atoms with Gasteiger partial charge in [0, 0.05) is 4.90 Å². The standard InChI is InChI=1S/C8H9S/c1-6-4-3-5-7(2)8(6)9/h3-5H,1-2H3. The molecule has 0 atom stereocenters. The van der Waals surface area contributed by atoms with E-state index in [1.165, 1.54) is 11.1 Å². The van der Waals surface area contributed by atoms with Crippen molar-refractivity contribution in [1.29, 1.82) is 0 Å². The third-order valence-corrected chi connectivity index (χ3v) is 2.05. The summed E-state index contributed by atoms with van der Waals surface area (Å²) in [7, 11) is 0.